The lowest BCUT2D eigenvalue weighted by atomic mass is 9.85. The molecule has 396 valence electrons. The van der Waals surface area contributed by atoms with Crippen LogP contribution in [0.3, 0.4) is 0 Å². The molecule has 1 rings (SSSR count). The maximum absolute atomic E-state index is 13.1. The molecular formula is C45H87O19P3. The zero-order valence-electron chi connectivity index (χ0n) is 40.2. The van der Waals surface area contributed by atoms with E-state index in [2.05, 4.69) is 35.0 Å². The molecule has 5 unspecified atom stereocenters. The molecule has 0 heterocycles. The van der Waals surface area contributed by atoms with E-state index in [-0.39, 0.29) is 12.8 Å². The molecule has 0 bridgehead atoms. The van der Waals surface area contributed by atoms with Crippen LogP contribution >= 0.6 is 23.5 Å². The number of allylic oxidation sites excluding steroid dienone is 2. The van der Waals surface area contributed by atoms with Gasteiger partial charge in [0.25, 0.3) is 0 Å². The lowest BCUT2D eigenvalue weighted by molar-refractivity contribution is -0.213. The Hall–Kier alpha value is -1.11. The second-order valence-corrected chi connectivity index (χ2v) is 21.5. The molecule has 0 aromatic carbocycles. The molecule has 1 saturated carbocycles. The zero-order chi connectivity index (χ0) is 50.0. The van der Waals surface area contributed by atoms with Crippen molar-refractivity contribution >= 4 is 35.4 Å². The van der Waals surface area contributed by atoms with Gasteiger partial charge in [-0.15, -0.1) is 0 Å². The van der Waals surface area contributed by atoms with E-state index in [1.807, 2.05) is 0 Å². The molecule has 0 amide bonds. The Bertz CT molecular complexity index is 1460. The highest BCUT2D eigenvalue weighted by molar-refractivity contribution is 7.47. The first-order valence-corrected chi connectivity index (χ1v) is 29.5. The number of rotatable bonds is 43. The van der Waals surface area contributed by atoms with Crippen LogP contribution in [0.4, 0.5) is 0 Å². The summed E-state index contributed by atoms with van der Waals surface area (Å²) in [5.74, 6) is -1.30. The largest absolute Gasteiger partial charge is 0.472 e. The van der Waals surface area contributed by atoms with Gasteiger partial charge in [-0.3, -0.25) is 27.7 Å². The van der Waals surface area contributed by atoms with Gasteiger partial charge in [0, 0.05) is 12.8 Å². The van der Waals surface area contributed by atoms with Crippen LogP contribution < -0.4 is 0 Å². The van der Waals surface area contributed by atoms with Crippen molar-refractivity contribution in [3.8, 4) is 0 Å². The SMILES string of the molecule is CCCCCCCCC=CCCCCCCCC(=O)OC[C@H](COP(=O)(O)O[C@H]1C(O)C(O)C(OP(=O)(O)O)[C@@H](OP(=O)(O)O)C1O)OC(=O)CCCCCCCCCCCCCCCCC. The number of aliphatic hydroxyl groups is 3. The smallest absolute Gasteiger partial charge is 0.462 e. The third kappa shape index (κ3) is 34.0. The maximum atomic E-state index is 13.1. The maximum Gasteiger partial charge on any atom is 0.472 e. The number of carbonyl (C=O) groups excluding carboxylic acids is 2. The number of phosphoric ester groups is 3. The van der Waals surface area contributed by atoms with E-state index in [4.69, 9.17) is 18.5 Å². The molecule has 0 spiro atoms. The van der Waals surface area contributed by atoms with Crippen LogP contribution in [-0.2, 0) is 50.9 Å². The molecule has 67 heavy (non-hydrogen) atoms. The second-order valence-electron chi connectivity index (χ2n) is 17.8. The van der Waals surface area contributed by atoms with Crippen molar-refractivity contribution in [2.45, 2.75) is 249 Å². The van der Waals surface area contributed by atoms with Crippen LogP contribution in [0.1, 0.15) is 206 Å². The lowest BCUT2D eigenvalue weighted by Crippen LogP contribution is -2.65. The highest BCUT2D eigenvalue weighted by Gasteiger charge is 2.56. The monoisotopic (exact) mass is 1020 g/mol. The van der Waals surface area contributed by atoms with Crippen molar-refractivity contribution < 1.29 is 90.6 Å². The first-order chi connectivity index (χ1) is 31.8. The van der Waals surface area contributed by atoms with Gasteiger partial charge in [-0.05, 0) is 38.5 Å². The summed E-state index contributed by atoms with van der Waals surface area (Å²) in [6, 6.07) is 0. The molecule has 0 aromatic heterocycles. The number of hydrogen-bond acceptors (Lipinski definition) is 14. The van der Waals surface area contributed by atoms with E-state index in [0.29, 0.717) is 12.8 Å². The van der Waals surface area contributed by atoms with Crippen molar-refractivity contribution in [1.82, 2.24) is 0 Å². The van der Waals surface area contributed by atoms with Crippen LogP contribution in [0.25, 0.3) is 0 Å². The van der Waals surface area contributed by atoms with Gasteiger partial charge in [-0.25, -0.2) is 13.7 Å². The van der Waals surface area contributed by atoms with E-state index in [0.717, 1.165) is 64.2 Å². The summed E-state index contributed by atoms with van der Waals surface area (Å²) in [6.07, 6.45) is 19.4. The van der Waals surface area contributed by atoms with Gasteiger partial charge in [-0.2, -0.15) is 0 Å². The van der Waals surface area contributed by atoms with Gasteiger partial charge in [0.2, 0.25) is 0 Å². The van der Waals surface area contributed by atoms with E-state index < -0.39 is 91.3 Å². The molecule has 1 aliphatic rings. The van der Waals surface area contributed by atoms with E-state index in [1.54, 1.807) is 0 Å². The Labute approximate surface area is 399 Å². The average molecular weight is 1030 g/mol. The fourth-order valence-electron chi connectivity index (χ4n) is 7.81. The van der Waals surface area contributed by atoms with Gasteiger partial charge < -0.3 is 49.3 Å². The third-order valence-corrected chi connectivity index (χ3v) is 13.6. The molecule has 1 fully saturated rings. The normalized spacial score (nSPS) is 21.6. The first kappa shape index (κ1) is 63.9. The summed E-state index contributed by atoms with van der Waals surface area (Å²) in [7, 11) is -16.6. The molecule has 19 nitrogen and oxygen atoms in total. The number of carbonyl (C=O) groups is 2. The fraction of sp³-hybridized carbons (Fsp3) is 0.911. The number of unbranched alkanes of at least 4 members (excludes halogenated alkanes) is 25. The van der Waals surface area contributed by atoms with Gasteiger partial charge in [-0.1, -0.05) is 167 Å². The van der Waals surface area contributed by atoms with Crippen LogP contribution in [0.2, 0.25) is 0 Å². The van der Waals surface area contributed by atoms with E-state index in [1.165, 1.54) is 103 Å². The van der Waals surface area contributed by atoms with Gasteiger partial charge in [0.1, 0.15) is 43.2 Å². The summed E-state index contributed by atoms with van der Waals surface area (Å²) >= 11 is 0. The predicted molar refractivity (Wildman–Crippen MR) is 252 cm³/mol. The molecule has 8 atom stereocenters. The quantitative estimate of drug-likeness (QED) is 0.0122. The second kappa shape index (κ2) is 37.6. The van der Waals surface area contributed by atoms with Gasteiger partial charge in [0.05, 0.1) is 6.61 Å². The number of aliphatic hydroxyl groups excluding tert-OH is 3. The van der Waals surface area contributed by atoms with Crippen LogP contribution in [-0.4, -0.2) is 108 Å². The Morgan fingerprint density at radius 1 is 0.463 bits per heavy atom. The zero-order valence-corrected chi connectivity index (χ0v) is 42.9. The van der Waals surface area contributed by atoms with Gasteiger partial charge in [0.15, 0.2) is 6.10 Å². The van der Waals surface area contributed by atoms with Crippen molar-refractivity contribution in [2.24, 2.45) is 0 Å². The highest BCUT2D eigenvalue weighted by Crippen LogP contribution is 2.51. The summed E-state index contributed by atoms with van der Waals surface area (Å²) in [5.41, 5.74) is 0. The molecule has 0 aromatic rings. The summed E-state index contributed by atoms with van der Waals surface area (Å²) in [6.45, 7) is 2.95. The Kier molecular flexibility index (Phi) is 35.9. The minimum Gasteiger partial charge on any atom is -0.462 e. The Morgan fingerprint density at radius 2 is 0.821 bits per heavy atom. The molecule has 0 aliphatic heterocycles. The molecule has 1 aliphatic carbocycles. The minimum atomic E-state index is -5.60. The average Bonchev–Trinajstić information content (AvgIpc) is 3.25. The highest BCUT2D eigenvalue weighted by atomic mass is 31.2. The third-order valence-electron chi connectivity index (χ3n) is 11.6. The van der Waals surface area contributed by atoms with Crippen LogP contribution in [0, 0.1) is 0 Å². The summed E-state index contributed by atoms with van der Waals surface area (Å²) in [5, 5.41) is 31.9. The fourth-order valence-corrected chi connectivity index (χ4v) is 9.91. The first-order valence-electron chi connectivity index (χ1n) is 25.0. The predicted octanol–water partition coefficient (Wildman–Crippen LogP) is 9.29. The Morgan fingerprint density at radius 3 is 1.24 bits per heavy atom. The number of hydrogen-bond donors (Lipinski definition) is 8. The van der Waals surface area contributed by atoms with Crippen LogP contribution in [0.5, 0.6) is 0 Å². The number of ether oxygens (including phenoxy) is 2. The molecule has 0 radical (unpaired) electrons. The molecule has 0 saturated heterocycles. The number of phosphoric acid groups is 3. The Balaban J connectivity index is 2.71. The van der Waals surface area contributed by atoms with Crippen LogP contribution in [0.15, 0.2) is 12.2 Å². The van der Waals surface area contributed by atoms with Crippen molar-refractivity contribution in [1.29, 1.82) is 0 Å². The van der Waals surface area contributed by atoms with Gasteiger partial charge >= 0.3 is 35.4 Å². The molecular weight excluding hydrogens is 937 g/mol. The lowest BCUT2D eigenvalue weighted by Gasteiger charge is -2.44. The van der Waals surface area contributed by atoms with Crippen molar-refractivity contribution in [2.75, 3.05) is 13.2 Å². The van der Waals surface area contributed by atoms with Crippen molar-refractivity contribution in [3.05, 3.63) is 12.2 Å². The molecule has 22 heteroatoms. The topological polar surface area (TPSA) is 303 Å². The minimum absolute atomic E-state index is 0.00204. The number of esters is 2. The summed E-state index contributed by atoms with van der Waals surface area (Å²) < 4.78 is 65.5. The summed E-state index contributed by atoms with van der Waals surface area (Å²) in [4.78, 5) is 73.3. The standard InChI is InChI=1S/C45H87O19P3/c1-3-5-7-9-11-13-15-17-19-21-23-25-27-29-31-33-38(46)59-35-37(61-39(47)34-32-30-28-26-24-22-20-18-16-14-12-10-8-6-4-2)36-60-67(57,58)64-43-40(48)41(49)44(62-65(51,52)53)45(42(43)50)63-66(54,55)56/h17,19,37,40-45,48-50H,3-16,18,20-36H2,1-2H3,(H,57,58)(H2,51,52,53)(H2,54,55,56)/t37-,40?,41?,42?,43+,44?,45+/m1/s1. The van der Waals surface area contributed by atoms with E-state index in [9.17, 15) is 63.1 Å². The van der Waals surface area contributed by atoms with E-state index >= 15 is 0 Å². The van der Waals surface area contributed by atoms with Crippen molar-refractivity contribution in [3.63, 3.8) is 0 Å². The molecule has 8 N–H and O–H groups in total.